The van der Waals surface area contributed by atoms with E-state index in [4.69, 9.17) is 17.0 Å². The molecule has 1 spiro atoms. The largest absolute Gasteiger partial charge is 0.431 e. The summed E-state index contributed by atoms with van der Waals surface area (Å²) in [4.78, 5) is 12.9. The van der Waals surface area contributed by atoms with E-state index >= 15 is 0 Å². The van der Waals surface area contributed by atoms with Crippen LogP contribution in [0.2, 0.25) is 0 Å². The maximum absolute atomic E-state index is 12.9. The fourth-order valence-electron chi connectivity index (χ4n) is 4.15. The Kier molecular flexibility index (Phi) is 5.22. The maximum Gasteiger partial charge on any atom is 0.431 e. The van der Waals surface area contributed by atoms with Gasteiger partial charge >= 0.3 is 6.09 Å². The molecule has 2 aliphatic rings. The van der Waals surface area contributed by atoms with Crippen molar-refractivity contribution >= 4 is 34.2 Å². The van der Waals surface area contributed by atoms with Gasteiger partial charge in [0.05, 0.1) is 6.54 Å². The molecule has 6 heteroatoms. The summed E-state index contributed by atoms with van der Waals surface area (Å²) >= 11 is 5.65. The van der Waals surface area contributed by atoms with Crippen molar-refractivity contribution in [1.82, 2.24) is 15.3 Å². The second kappa shape index (κ2) is 7.80. The number of carbonyl (C=O) groups excluding carboxylic acids is 1. The van der Waals surface area contributed by atoms with Crippen LogP contribution in [0, 0.1) is 0 Å². The Hall–Kier alpha value is -2.60. The van der Waals surface area contributed by atoms with Crippen molar-refractivity contribution in [1.29, 1.82) is 0 Å². The van der Waals surface area contributed by atoms with E-state index in [0.29, 0.717) is 18.2 Å². The number of ether oxygens (including phenoxy) is 1. The number of hydrazine groups is 1. The molecular formula is C22H25N3O2S. The second-order valence-corrected chi connectivity index (χ2v) is 7.79. The minimum Gasteiger partial charge on any atom is -0.419 e. The van der Waals surface area contributed by atoms with Crippen LogP contribution in [-0.4, -0.2) is 33.5 Å². The number of nitrogens with zero attached hydrogens (tertiary/aromatic N) is 2. The van der Waals surface area contributed by atoms with Crippen LogP contribution in [-0.2, 0) is 11.3 Å². The molecule has 4 rings (SSSR count). The predicted molar refractivity (Wildman–Crippen MR) is 114 cm³/mol. The zero-order chi connectivity index (χ0) is 19.6. The normalized spacial score (nSPS) is 18.4. The topological polar surface area (TPSA) is 44.8 Å². The van der Waals surface area contributed by atoms with Crippen molar-refractivity contribution in [2.24, 2.45) is 0 Å². The van der Waals surface area contributed by atoms with Crippen LogP contribution in [0.25, 0.3) is 10.8 Å². The number of nitrogens with one attached hydrogen (secondary N) is 1. The van der Waals surface area contributed by atoms with E-state index in [2.05, 4.69) is 42.2 Å². The smallest absolute Gasteiger partial charge is 0.419 e. The lowest BCUT2D eigenvalue weighted by atomic mass is 9.91. The van der Waals surface area contributed by atoms with Gasteiger partial charge in [0.1, 0.15) is 0 Å². The fourth-order valence-corrected chi connectivity index (χ4v) is 4.50. The van der Waals surface area contributed by atoms with Gasteiger partial charge in [-0.1, -0.05) is 48.9 Å². The molecule has 2 aromatic carbocycles. The number of hydrogen-bond acceptors (Lipinski definition) is 3. The number of amides is 1. The molecule has 2 aromatic rings. The summed E-state index contributed by atoms with van der Waals surface area (Å²) in [6, 6.07) is 14.5. The highest BCUT2D eigenvalue weighted by molar-refractivity contribution is 7.80. The predicted octanol–water partition coefficient (Wildman–Crippen LogP) is 4.73. The molecule has 1 N–H and O–H groups in total. The molecule has 1 saturated heterocycles. The quantitative estimate of drug-likeness (QED) is 0.599. The molecule has 2 fully saturated rings. The minimum absolute atomic E-state index is 0.335. The first kappa shape index (κ1) is 18.7. The van der Waals surface area contributed by atoms with E-state index in [0.717, 1.165) is 43.1 Å². The summed E-state index contributed by atoms with van der Waals surface area (Å²) in [6.07, 6.45) is 6.22. The molecule has 5 nitrogen and oxygen atoms in total. The van der Waals surface area contributed by atoms with Gasteiger partial charge in [0.2, 0.25) is 5.72 Å². The Labute approximate surface area is 170 Å². The van der Waals surface area contributed by atoms with E-state index in [-0.39, 0.29) is 6.09 Å². The lowest BCUT2D eigenvalue weighted by Gasteiger charge is -2.41. The van der Waals surface area contributed by atoms with Gasteiger partial charge in [-0.2, -0.15) is 0 Å². The highest BCUT2D eigenvalue weighted by Crippen LogP contribution is 2.41. The molecule has 0 aromatic heterocycles. The fraction of sp³-hybridized carbons (Fsp3) is 0.364. The number of thiocarbonyl (C=S) groups is 1. The first-order valence-electron chi connectivity index (χ1n) is 9.80. The summed E-state index contributed by atoms with van der Waals surface area (Å²) < 4.78 is 5.94. The minimum atomic E-state index is -0.669. The molecule has 1 aliphatic carbocycles. The Balaban J connectivity index is 1.64. The number of rotatable bonds is 4. The van der Waals surface area contributed by atoms with Gasteiger partial charge in [-0.05, 0) is 47.5 Å². The summed E-state index contributed by atoms with van der Waals surface area (Å²) in [5, 5.41) is 9.54. The van der Waals surface area contributed by atoms with Crippen LogP contribution >= 0.6 is 12.2 Å². The molecule has 0 radical (unpaired) electrons. The molecule has 1 amide bonds. The van der Waals surface area contributed by atoms with Crippen LogP contribution in [0.15, 0.2) is 55.1 Å². The lowest BCUT2D eigenvalue weighted by Crippen LogP contribution is -2.57. The van der Waals surface area contributed by atoms with Gasteiger partial charge in [0.15, 0.2) is 5.11 Å². The summed E-state index contributed by atoms with van der Waals surface area (Å²) in [6.45, 7) is 4.70. The number of hydrogen-bond donors (Lipinski definition) is 1. The van der Waals surface area contributed by atoms with Crippen molar-refractivity contribution < 1.29 is 9.53 Å². The standard InChI is InChI=1S/C22H25N3O2S/c1-2-14-23-20(28)25-22(12-6-3-7-13-22)27-21(26)24(25)16-17-10-11-18-8-4-5-9-19(18)15-17/h2,4-5,8-11,15H,1,3,6-7,12-14,16H2,(H,23,28). The third-order valence-electron chi connectivity index (χ3n) is 5.49. The van der Waals surface area contributed by atoms with Crippen molar-refractivity contribution in [2.75, 3.05) is 6.54 Å². The SMILES string of the molecule is C=CCNC(=S)N1N(Cc2ccc3ccccc3c2)C(=O)OC12CCCCC2. The Morgan fingerprint density at radius 3 is 2.68 bits per heavy atom. The van der Waals surface area contributed by atoms with Crippen molar-refractivity contribution in [3.63, 3.8) is 0 Å². The van der Waals surface area contributed by atoms with E-state index in [1.54, 1.807) is 11.1 Å². The van der Waals surface area contributed by atoms with Gasteiger partial charge in [-0.3, -0.25) is 0 Å². The summed E-state index contributed by atoms with van der Waals surface area (Å²) in [5.41, 5.74) is 0.372. The lowest BCUT2D eigenvalue weighted by molar-refractivity contribution is -0.0871. The molecule has 0 unspecified atom stereocenters. The van der Waals surface area contributed by atoms with Crippen LogP contribution in [0.1, 0.15) is 37.7 Å². The highest BCUT2D eigenvalue weighted by Gasteiger charge is 2.53. The first-order chi connectivity index (χ1) is 13.6. The molecule has 1 aliphatic heterocycles. The number of fused-ring (bicyclic) bond motifs is 1. The second-order valence-electron chi connectivity index (χ2n) is 7.40. The summed E-state index contributed by atoms with van der Waals surface area (Å²) in [5.74, 6) is 0. The third-order valence-corrected chi connectivity index (χ3v) is 5.80. The van der Waals surface area contributed by atoms with E-state index in [9.17, 15) is 4.79 Å². The highest BCUT2D eigenvalue weighted by atomic mass is 32.1. The van der Waals surface area contributed by atoms with E-state index in [1.165, 1.54) is 5.39 Å². The molecular weight excluding hydrogens is 370 g/mol. The van der Waals surface area contributed by atoms with Crippen LogP contribution in [0.3, 0.4) is 0 Å². The van der Waals surface area contributed by atoms with Crippen molar-refractivity contribution in [2.45, 2.75) is 44.4 Å². The Morgan fingerprint density at radius 2 is 1.93 bits per heavy atom. The molecule has 28 heavy (non-hydrogen) atoms. The Morgan fingerprint density at radius 1 is 1.18 bits per heavy atom. The third kappa shape index (κ3) is 3.44. The van der Waals surface area contributed by atoms with Crippen LogP contribution < -0.4 is 5.32 Å². The molecule has 146 valence electrons. The van der Waals surface area contributed by atoms with Gasteiger partial charge in [-0.25, -0.2) is 14.8 Å². The van der Waals surface area contributed by atoms with Crippen LogP contribution in [0.5, 0.6) is 0 Å². The zero-order valence-electron chi connectivity index (χ0n) is 15.9. The number of carbonyl (C=O) groups is 1. The van der Waals surface area contributed by atoms with Gasteiger partial charge in [-0.15, -0.1) is 6.58 Å². The van der Waals surface area contributed by atoms with E-state index in [1.807, 2.05) is 17.1 Å². The average molecular weight is 396 g/mol. The maximum atomic E-state index is 12.9. The summed E-state index contributed by atoms with van der Waals surface area (Å²) in [7, 11) is 0. The van der Waals surface area contributed by atoms with Gasteiger partial charge in [0.25, 0.3) is 0 Å². The van der Waals surface area contributed by atoms with Crippen molar-refractivity contribution in [3.8, 4) is 0 Å². The zero-order valence-corrected chi connectivity index (χ0v) is 16.7. The van der Waals surface area contributed by atoms with Crippen molar-refractivity contribution in [3.05, 3.63) is 60.7 Å². The van der Waals surface area contributed by atoms with Gasteiger partial charge < -0.3 is 10.1 Å². The van der Waals surface area contributed by atoms with Gasteiger partial charge in [0, 0.05) is 19.4 Å². The molecule has 1 heterocycles. The Bertz CT molecular complexity index is 908. The molecule has 0 bridgehead atoms. The van der Waals surface area contributed by atoms with E-state index < -0.39 is 5.72 Å². The average Bonchev–Trinajstić information content (AvgIpc) is 2.97. The van der Waals surface area contributed by atoms with Crippen LogP contribution in [0.4, 0.5) is 4.79 Å². The number of benzene rings is 2. The first-order valence-corrected chi connectivity index (χ1v) is 10.2. The monoisotopic (exact) mass is 395 g/mol. The molecule has 1 saturated carbocycles. The molecule has 0 atom stereocenters.